The molecule has 0 unspecified atom stereocenters. The minimum atomic E-state index is 0. The molecule has 2 aromatic heterocycles. The van der Waals surface area contributed by atoms with Crippen LogP contribution in [-0.2, 0) is 0 Å². The van der Waals surface area contributed by atoms with Crippen LogP contribution in [0.25, 0.3) is 0 Å². The van der Waals surface area contributed by atoms with Gasteiger partial charge in [0, 0.05) is 31.3 Å². The van der Waals surface area contributed by atoms with E-state index in [0.717, 1.165) is 6.54 Å². The molecule has 0 bridgehead atoms. The van der Waals surface area contributed by atoms with Gasteiger partial charge < -0.3 is 0 Å². The molecule has 0 radical (unpaired) electrons. The van der Waals surface area contributed by atoms with Gasteiger partial charge in [-0.25, -0.2) is 0 Å². The molecule has 0 aliphatic carbocycles. The molecule has 0 N–H and O–H groups in total. The van der Waals surface area contributed by atoms with Gasteiger partial charge in [0.2, 0.25) is 0 Å². The molecule has 17 heavy (non-hydrogen) atoms. The van der Waals surface area contributed by atoms with E-state index in [0.29, 0.717) is 0 Å². The van der Waals surface area contributed by atoms with E-state index >= 15 is 0 Å². The van der Waals surface area contributed by atoms with E-state index in [9.17, 15) is 0 Å². The highest BCUT2D eigenvalue weighted by molar-refractivity contribution is 5.85. The average Bonchev–Trinajstić information content (AvgIpc) is 2.85. The summed E-state index contributed by atoms with van der Waals surface area (Å²) in [5.74, 6) is 0. The molecule has 0 fully saturated rings. The second kappa shape index (κ2) is 6.97. The summed E-state index contributed by atoms with van der Waals surface area (Å²) in [6.45, 7) is 3.23. The predicted molar refractivity (Wildman–Crippen MR) is 73.6 cm³/mol. The van der Waals surface area contributed by atoms with E-state index in [4.69, 9.17) is 0 Å². The van der Waals surface area contributed by atoms with Gasteiger partial charge in [0.05, 0.1) is 5.69 Å². The number of hydrogen-bond acceptors (Lipinski definition) is 2. The molecule has 2 rings (SSSR count). The Labute approximate surface area is 108 Å². The average molecular weight is 252 g/mol. The summed E-state index contributed by atoms with van der Waals surface area (Å²) in [6, 6.07) is 8.16. The lowest BCUT2D eigenvalue weighted by molar-refractivity contribution is 0.650. The normalized spacial score (nSPS) is 9.71. The minimum Gasteiger partial charge on any atom is -0.282 e. The topological polar surface area (TPSA) is 21.1 Å². The maximum absolute atomic E-state index is 4.05. The quantitative estimate of drug-likeness (QED) is 0.812. The number of unbranched alkanes of at least 4 members (excludes halogenated alkanes) is 1. The summed E-state index contributed by atoms with van der Waals surface area (Å²) >= 11 is 0. The largest absolute Gasteiger partial charge is 0.282 e. The van der Waals surface area contributed by atoms with Gasteiger partial charge in [-0.05, 0) is 30.7 Å². The Morgan fingerprint density at radius 2 is 1.82 bits per heavy atom. The summed E-state index contributed by atoms with van der Waals surface area (Å²) < 4.78 is 2.12. The van der Waals surface area contributed by atoms with Crippen LogP contribution >= 0.6 is 12.4 Å². The number of nitrogens with zero attached hydrogens (tertiary/aromatic N) is 3. The molecule has 0 aliphatic heterocycles. The van der Waals surface area contributed by atoms with E-state index in [1.54, 1.807) is 0 Å². The molecule has 0 aliphatic rings. The van der Waals surface area contributed by atoms with Crippen molar-refractivity contribution in [2.75, 3.05) is 11.6 Å². The standard InChI is InChI=1S/C13H17N3.ClH/c1-2-3-12-16(15-10-4-5-11-15)13-6-8-14-9-7-13;/h4-11H,2-3,12H2,1H3;1H. The van der Waals surface area contributed by atoms with Crippen LogP contribution in [0, 0.1) is 0 Å². The number of halogens is 1. The molecule has 0 saturated carbocycles. The molecular weight excluding hydrogens is 234 g/mol. The predicted octanol–water partition coefficient (Wildman–Crippen LogP) is 3.37. The molecule has 0 spiro atoms. The smallest absolute Gasteiger partial charge is 0.0608 e. The van der Waals surface area contributed by atoms with E-state index in [2.05, 4.69) is 34.0 Å². The maximum Gasteiger partial charge on any atom is 0.0608 e. The molecule has 0 saturated heterocycles. The van der Waals surface area contributed by atoms with Crippen molar-refractivity contribution in [3.63, 3.8) is 0 Å². The van der Waals surface area contributed by atoms with Gasteiger partial charge in [-0.1, -0.05) is 13.3 Å². The van der Waals surface area contributed by atoms with Crippen LogP contribution in [0.4, 0.5) is 5.69 Å². The Morgan fingerprint density at radius 3 is 2.41 bits per heavy atom. The highest BCUT2D eigenvalue weighted by Gasteiger charge is 2.05. The fraction of sp³-hybridized carbons (Fsp3) is 0.308. The summed E-state index contributed by atoms with van der Waals surface area (Å²) in [4.78, 5) is 4.05. The molecule has 0 atom stereocenters. The fourth-order valence-electron chi connectivity index (χ4n) is 1.69. The van der Waals surface area contributed by atoms with Gasteiger partial charge in [0.15, 0.2) is 0 Å². The monoisotopic (exact) mass is 251 g/mol. The summed E-state index contributed by atoms with van der Waals surface area (Å²) in [5.41, 5.74) is 1.18. The third-order valence-electron chi connectivity index (χ3n) is 2.55. The first-order valence-electron chi connectivity index (χ1n) is 5.72. The van der Waals surface area contributed by atoms with Crippen molar-refractivity contribution in [1.29, 1.82) is 0 Å². The van der Waals surface area contributed by atoms with Crippen LogP contribution in [0.5, 0.6) is 0 Å². The molecule has 0 aromatic carbocycles. The van der Waals surface area contributed by atoms with Crippen molar-refractivity contribution in [1.82, 2.24) is 9.66 Å². The number of hydrogen-bond donors (Lipinski definition) is 0. The Kier molecular flexibility index (Phi) is 5.57. The lowest BCUT2D eigenvalue weighted by Gasteiger charge is -2.25. The lowest BCUT2D eigenvalue weighted by atomic mass is 10.3. The van der Waals surface area contributed by atoms with Crippen molar-refractivity contribution in [3.8, 4) is 0 Å². The van der Waals surface area contributed by atoms with Gasteiger partial charge in [0.1, 0.15) is 0 Å². The summed E-state index contributed by atoms with van der Waals surface area (Å²) in [5, 5.41) is 2.26. The van der Waals surface area contributed by atoms with Crippen LogP contribution in [0.15, 0.2) is 49.1 Å². The third kappa shape index (κ3) is 3.49. The van der Waals surface area contributed by atoms with E-state index < -0.39 is 0 Å². The number of anilines is 1. The van der Waals surface area contributed by atoms with Crippen molar-refractivity contribution in [2.24, 2.45) is 0 Å². The SMILES string of the molecule is CCCCN(c1ccncc1)n1cccc1.Cl. The summed E-state index contributed by atoms with van der Waals surface area (Å²) in [6.07, 6.45) is 10.2. The van der Waals surface area contributed by atoms with E-state index in [-0.39, 0.29) is 12.4 Å². The highest BCUT2D eigenvalue weighted by Crippen LogP contribution is 2.14. The van der Waals surface area contributed by atoms with Crippen molar-refractivity contribution in [3.05, 3.63) is 49.1 Å². The zero-order valence-electron chi connectivity index (χ0n) is 9.99. The van der Waals surface area contributed by atoms with Gasteiger partial charge >= 0.3 is 0 Å². The minimum absolute atomic E-state index is 0. The number of rotatable bonds is 5. The maximum atomic E-state index is 4.05. The summed E-state index contributed by atoms with van der Waals surface area (Å²) in [7, 11) is 0. The highest BCUT2D eigenvalue weighted by atomic mass is 35.5. The molecule has 92 valence electrons. The molecular formula is C13H18ClN3. The number of aromatic nitrogens is 2. The third-order valence-corrected chi connectivity index (χ3v) is 2.55. The van der Waals surface area contributed by atoms with Crippen LogP contribution < -0.4 is 5.01 Å². The molecule has 0 amide bonds. The van der Waals surface area contributed by atoms with Crippen LogP contribution in [0.1, 0.15) is 19.8 Å². The molecule has 3 nitrogen and oxygen atoms in total. The zero-order chi connectivity index (χ0) is 11.2. The van der Waals surface area contributed by atoms with Crippen LogP contribution in [-0.4, -0.2) is 16.2 Å². The molecule has 2 aromatic rings. The fourth-order valence-corrected chi connectivity index (χ4v) is 1.69. The van der Waals surface area contributed by atoms with Gasteiger partial charge in [-0.2, -0.15) is 0 Å². The number of pyridine rings is 1. The van der Waals surface area contributed by atoms with Gasteiger partial charge in [-0.3, -0.25) is 14.7 Å². The van der Waals surface area contributed by atoms with E-state index in [1.165, 1.54) is 18.5 Å². The van der Waals surface area contributed by atoms with E-state index in [1.807, 2.05) is 36.7 Å². The second-order valence-corrected chi connectivity index (χ2v) is 3.75. The van der Waals surface area contributed by atoms with Crippen molar-refractivity contribution in [2.45, 2.75) is 19.8 Å². The second-order valence-electron chi connectivity index (χ2n) is 3.75. The Balaban J connectivity index is 0.00000144. The van der Waals surface area contributed by atoms with Crippen molar-refractivity contribution >= 4 is 18.1 Å². The first kappa shape index (κ1) is 13.6. The molecule has 2 heterocycles. The van der Waals surface area contributed by atoms with Gasteiger partial charge in [-0.15, -0.1) is 12.4 Å². The Morgan fingerprint density at radius 1 is 1.18 bits per heavy atom. The van der Waals surface area contributed by atoms with Crippen LogP contribution in [0.2, 0.25) is 0 Å². The van der Waals surface area contributed by atoms with Gasteiger partial charge in [0.25, 0.3) is 0 Å². The zero-order valence-corrected chi connectivity index (χ0v) is 10.8. The lowest BCUT2D eigenvalue weighted by Crippen LogP contribution is -2.29. The van der Waals surface area contributed by atoms with Crippen LogP contribution in [0.3, 0.4) is 0 Å². The Hall–Kier alpha value is -1.48. The van der Waals surface area contributed by atoms with Crippen molar-refractivity contribution < 1.29 is 0 Å². The Bertz CT molecular complexity index is 400. The molecule has 4 heteroatoms. The first-order chi connectivity index (χ1) is 7.92. The first-order valence-corrected chi connectivity index (χ1v) is 5.72.